The Morgan fingerprint density at radius 3 is 2.34 bits per heavy atom. The number of anilines is 1. The zero-order valence-electron chi connectivity index (χ0n) is 20.2. The van der Waals surface area contributed by atoms with E-state index in [-0.39, 0.29) is 24.8 Å². The summed E-state index contributed by atoms with van der Waals surface area (Å²) in [6.07, 6.45) is 0.534. The number of esters is 1. The first kappa shape index (κ1) is 26.0. The van der Waals surface area contributed by atoms with Crippen LogP contribution in [0.15, 0.2) is 42.5 Å². The first-order chi connectivity index (χ1) is 16.8. The first-order valence-corrected chi connectivity index (χ1v) is 11.6. The van der Waals surface area contributed by atoms with Crippen LogP contribution >= 0.6 is 12.2 Å². The fourth-order valence-electron chi connectivity index (χ4n) is 3.85. The van der Waals surface area contributed by atoms with E-state index in [0.717, 1.165) is 5.56 Å². The quantitative estimate of drug-likeness (QED) is 0.394. The molecule has 186 valence electrons. The third-order valence-corrected chi connectivity index (χ3v) is 6.12. The van der Waals surface area contributed by atoms with Gasteiger partial charge < -0.3 is 24.4 Å². The Morgan fingerprint density at radius 1 is 1.06 bits per heavy atom. The number of carbonyl (C=O) groups is 3. The molecule has 1 heterocycles. The van der Waals surface area contributed by atoms with Gasteiger partial charge in [0.25, 0.3) is 5.91 Å². The number of nitrogens with one attached hydrogen (secondary N) is 1. The normalized spacial score (nSPS) is 15.3. The molecule has 35 heavy (non-hydrogen) atoms. The summed E-state index contributed by atoms with van der Waals surface area (Å²) in [4.78, 5) is 40.7. The van der Waals surface area contributed by atoms with Crippen molar-refractivity contribution in [3.8, 4) is 11.5 Å². The van der Waals surface area contributed by atoms with Crippen LogP contribution in [0.1, 0.15) is 29.3 Å². The number of nitrogens with zero attached hydrogens (tertiary/aromatic N) is 2. The molecule has 2 aromatic rings. The van der Waals surface area contributed by atoms with Crippen molar-refractivity contribution >= 4 is 40.8 Å². The highest BCUT2D eigenvalue weighted by Crippen LogP contribution is 2.30. The van der Waals surface area contributed by atoms with E-state index in [1.165, 1.54) is 11.9 Å². The third-order valence-electron chi connectivity index (χ3n) is 5.70. The van der Waals surface area contributed by atoms with Crippen LogP contribution in [0.3, 0.4) is 0 Å². The largest absolute Gasteiger partial charge is 0.493 e. The van der Waals surface area contributed by atoms with Crippen LogP contribution in [0, 0.1) is 0 Å². The van der Waals surface area contributed by atoms with Gasteiger partial charge >= 0.3 is 5.97 Å². The lowest BCUT2D eigenvalue weighted by atomic mass is 10.1. The summed E-state index contributed by atoms with van der Waals surface area (Å²) in [7, 11) is 4.67. The van der Waals surface area contributed by atoms with E-state index < -0.39 is 12.0 Å². The van der Waals surface area contributed by atoms with Crippen LogP contribution in [0.5, 0.6) is 11.5 Å². The fourth-order valence-corrected chi connectivity index (χ4v) is 4.26. The van der Waals surface area contributed by atoms with Gasteiger partial charge in [0, 0.05) is 13.6 Å². The molecule has 0 aliphatic carbocycles. The van der Waals surface area contributed by atoms with E-state index in [0.29, 0.717) is 40.8 Å². The fraction of sp³-hybridized carbons (Fsp3) is 0.360. The summed E-state index contributed by atoms with van der Waals surface area (Å²) >= 11 is 5.68. The highest BCUT2D eigenvalue weighted by Gasteiger charge is 2.43. The average molecular weight is 500 g/mol. The SMILES string of the molecule is CCOC(=O)c1ccc(N2C(=O)[C@H](CC(=O)NC)N(CCc3ccc(OC)c(OC)c3)C2=S)cc1. The van der Waals surface area contributed by atoms with E-state index >= 15 is 0 Å². The highest BCUT2D eigenvalue weighted by molar-refractivity contribution is 7.80. The van der Waals surface area contributed by atoms with Gasteiger partial charge in [-0.3, -0.25) is 14.5 Å². The van der Waals surface area contributed by atoms with Crippen molar-refractivity contribution in [3.05, 3.63) is 53.6 Å². The Labute approximate surface area is 209 Å². The predicted molar refractivity (Wildman–Crippen MR) is 135 cm³/mol. The molecule has 1 atom stereocenters. The van der Waals surface area contributed by atoms with Crippen LogP contribution in [0.25, 0.3) is 0 Å². The molecule has 1 aliphatic heterocycles. The van der Waals surface area contributed by atoms with Crippen LogP contribution in [0.4, 0.5) is 5.69 Å². The number of rotatable bonds is 10. The van der Waals surface area contributed by atoms with Crippen LogP contribution < -0.4 is 19.7 Å². The van der Waals surface area contributed by atoms with Gasteiger partial charge in [0.2, 0.25) is 5.91 Å². The number of methoxy groups -OCH3 is 2. The minimum Gasteiger partial charge on any atom is -0.493 e. The van der Waals surface area contributed by atoms with Crippen molar-refractivity contribution in [2.45, 2.75) is 25.8 Å². The summed E-state index contributed by atoms with van der Waals surface area (Å²) < 4.78 is 15.7. The topological polar surface area (TPSA) is 97.4 Å². The lowest BCUT2D eigenvalue weighted by molar-refractivity contribution is -0.126. The van der Waals surface area contributed by atoms with Crippen LogP contribution in [-0.2, 0) is 20.7 Å². The van der Waals surface area contributed by atoms with E-state index in [1.807, 2.05) is 18.2 Å². The number of hydrogen-bond acceptors (Lipinski definition) is 7. The van der Waals surface area contributed by atoms with Crippen molar-refractivity contribution in [2.24, 2.45) is 0 Å². The first-order valence-electron chi connectivity index (χ1n) is 11.2. The molecule has 1 aliphatic rings. The molecule has 0 unspecified atom stereocenters. The summed E-state index contributed by atoms with van der Waals surface area (Å²) in [5.41, 5.74) is 1.86. The molecule has 0 saturated carbocycles. The number of ether oxygens (including phenoxy) is 3. The van der Waals surface area contributed by atoms with Crippen molar-refractivity contribution in [1.82, 2.24) is 10.2 Å². The molecule has 1 N–H and O–H groups in total. The second-order valence-electron chi connectivity index (χ2n) is 7.75. The summed E-state index contributed by atoms with van der Waals surface area (Å²) in [6, 6.07) is 11.3. The van der Waals surface area contributed by atoms with Gasteiger partial charge in [-0.15, -0.1) is 0 Å². The standard InChI is InChI=1S/C25H29N3O6S/c1-5-34-24(31)17-7-9-18(10-8-17)28-23(30)19(15-22(29)26-2)27(25(28)35)13-12-16-6-11-20(32-3)21(14-16)33-4/h6-11,14,19H,5,12-13,15H2,1-4H3,(H,26,29)/t19-/m0/s1. The third kappa shape index (κ3) is 5.71. The molecule has 0 aromatic heterocycles. The number of thiocarbonyl (C=S) groups is 1. The molecule has 10 heteroatoms. The Kier molecular flexibility index (Phi) is 8.64. The van der Waals surface area contributed by atoms with Gasteiger partial charge in [-0.05, 0) is 67.5 Å². The molecule has 2 aromatic carbocycles. The minimum atomic E-state index is -0.743. The van der Waals surface area contributed by atoms with E-state index in [9.17, 15) is 14.4 Å². The zero-order valence-corrected chi connectivity index (χ0v) is 21.0. The van der Waals surface area contributed by atoms with Gasteiger partial charge in [0.15, 0.2) is 16.6 Å². The summed E-state index contributed by atoms with van der Waals surface area (Å²) in [5.74, 6) is 0.230. The van der Waals surface area contributed by atoms with Gasteiger partial charge in [0.1, 0.15) is 6.04 Å². The van der Waals surface area contributed by atoms with Crippen molar-refractivity contribution in [1.29, 1.82) is 0 Å². The van der Waals surface area contributed by atoms with Crippen molar-refractivity contribution < 1.29 is 28.6 Å². The maximum Gasteiger partial charge on any atom is 0.338 e. The van der Waals surface area contributed by atoms with Crippen molar-refractivity contribution in [3.63, 3.8) is 0 Å². The second kappa shape index (κ2) is 11.7. The van der Waals surface area contributed by atoms with Gasteiger partial charge in [-0.25, -0.2) is 4.79 Å². The van der Waals surface area contributed by atoms with E-state index in [1.54, 1.807) is 50.3 Å². The number of hydrogen-bond donors (Lipinski definition) is 1. The molecule has 0 radical (unpaired) electrons. The smallest absolute Gasteiger partial charge is 0.338 e. The summed E-state index contributed by atoms with van der Waals surface area (Å²) in [6.45, 7) is 2.42. The maximum absolute atomic E-state index is 13.4. The molecular formula is C25H29N3O6S. The number of amides is 2. The van der Waals surface area contributed by atoms with Gasteiger partial charge in [-0.2, -0.15) is 0 Å². The molecule has 0 spiro atoms. The van der Waals surface area contributed by atoms with Crippen LogP contribution in [0.2, 0.25) is 0 Å². The predicted octanol–water partition coefficient (Wildman–Crippen LogP) is 2.56. The second-order valence-corrected chi connectivity index (χ2v) is 8.11. The Morgan fingerprint density at radius 2 is 1.74 bits per heavy atom. The maximum atomic E-state index is 13.4. The van der Waals surface area contributed by atoms with Crippen LogP contribution in [-0.4, -0.2) is 68.3 Å². The molecule has 2 amide bonds. The lowest BCUT2D eigenvalue weighted by Gasteiger charge is -2.24. The van der Waals surface area contributed by atoms with Gasteiger partial charge in [-0.1, -0.05) is 6.07 Å². The summed E-state index contributed by atoms with van der Waals surface area (Å²) in [5, 5.41) is 2.87. The molecular weight excluding hydrogens is 470 g/mol. The number of benzene rings is 2. The van der Waals surface area contributed by atoms with Gasteiger partial charge in [0.05, 0.1) is 38.5 Å². The van der Waals surface area contributed by atoms with Crippen molar-refractivity contribution in [2.75, 3.05) is 39.3 Å². The van der Waals surface area contributed by atoms with E-state index in [2.05, 4.69) is 5.32 Å². The Hall–Kier alpha value is -3.66. The highest BCUT2D eigenvalue weighted by atomic mass is 32.1. The zero-order chi connectivity index (χ0) is 25.5. The monoisotopic (exact) mass is 499 g/mol. The van der Waals surface area contributed by atoms with E-state index in [4.69, 9.17) is 26.4 Å². The molecule has 1 fully saturated rings. The number of carbonyl (C=O) groups excluding carboxylic acids is 3. The Balaban J connectivity index is 1.84. The molecule has 0 bridgehead atoms. The molecule has 1 saturated heterocycles. The lowest BCUT2D eigenvalue weighted by Crippen LogP contribution is -2.39. The minimum absolute atomic E-state index is 0.0290. The Bertz CT molecular complexity index is 1100. The molecule has 3 rings (SSSR count). The molecule has 9 nitrogen and oxygen atoms in total. The average Bonchev–Trinajstić information content (AvgIpc) is 3.10.